The maximum absolute atomic E-state index is 12.7. The van der Waals surface area contributed by atoms with E-state index in [9.17, 15) is 13.5 Å². The molecule has 11 heteroatoms. The largest absolute Gasteiger partial charge is 0.352 e. The number of aromatic nitrogens is 3. The number of halogens is 2. The smallest absolute Gasteiger partial charge is 0.255 e. The van der Waals surface area contributed by atoms with Crippen LogP contribution in [0.15, 0.2) is 17.0 Å². The summed E-state index contributed by atoms with van der Waals surface area (Å²) >= 11 is 3.15. The molecule has 0 saturated carbocycles. The Labute approximate surface area is 208 Å². The molecule has 2 aromatic heterocycles. The van der Waals surface area contributed by atoms with Gasteiger partial charge in [0.2, 0.25) is 6.41 Å². The van der Waals surface area contributed by atoms with Gasteiger partial charge in [0.1, 0.15) is 10.1 Å². The quantitative estimate of drug-likeness (QED) is 0.517. The highest BCUT2D eigenvalue weighted by atomic mass is 79.9. The van der Waals surface area contributed by atoms with Crippen molar-refractivity contribution in [3.05, 3.63) is 22.6 Å². The van der Waals surface area contributed by atoms with Gasteiger partial charge in [-0.25, -0.2) is 13.9 Å². The lowest BCUT2D eigenvalue weighted by Crippen LogP contribution is -2.31. The Balaban J connectivity index is 0.000000543. The van der Waals surface area contributed by atoms with Crippen molar-refractivity contribution in [3.8, 4) is 6.07 Å². The molecule has 1 saturated heterocycles. The van der Waals surface area contributed by atoms with Gasteiger partial charge >= 0.3 is 0 Å². The molecule has 33 heavy (non-hydrogen) atoms. The summed E-state index contributed by atoms with van der Waals surface area (Å²) in [4.78, 5) is 31.8. The summed E-state index contributed by atoms with van der Waals surface area (Å²) in [6.07, 6.45) is 5.38. The zero-order chi connectivity index (χ0) is 25.4. The molecular weight excluding hydrogens is 511 g/mol. The SMILES string of the molecule is CC.CC(C)C.CCNC(=O)c1cn(SF)c2ncc(Br)nc12.N#CC1CCN(C=O)CC1. The van der Waals surface area contributed by atoms with Gasteiger partial charge in [-0.3, -0.25) is 9.59 Å². The van der Waals surface area contributed by atoms with E-state index >= 15 is 0 Å². The van der Waals surface area contributed by atoms with E-state index in [-0.39, 0.29) is 24.2 Å². The molecule has 0 bridgehead atoms. The first-order valence-corrected chi connectivity index (χ1v) is 12.4. The lowest BCUT2D eigenvalue weighted by molar-refractivity contribution is -0.119. The number of likely N-dealkylation sites (tertiary alicyclic amines) is 1. The lowest BCUT2D eigenvalue weighted by atomic mass is 9.99. The minimum atomic E-state index is -0.294. The fraction of sp³-hybridized carbons (Fsp3) is 0.591. The number of nitriles is 1. The zero-order valence-corrected chi connectivity index (χ0v) is 22.5. The standard InChI is InChI=1S/C9H8BrFN4OS.C7H10N2O.C4H10.C2H6/c1-2-12-9(16)5-4-15(17-11)8-7(5)14-6(10)3-13-8;8-5-7-1-3-9(6-10)4-2-7;1-4(2)3;1-2/h3-4H,2H2,1H3,(H,12,16);6-7H,1-4H2;4H,1-3H3;1-2H3. The van der Waals surface area contributed by atoms with Crippen LogP contribution in [-0.4, -0.2) is 50.8 Å². The highest BCUT2D eigenvalue weighted by Crippen LogP contribution is 2.24. The molecule has 1 fully saturated rings. The zero-order valence-electron chi connectivity index (χ0n) is 20.1. The molecule has 3 rings (SSSR count). The van der Waals surface area contributed by atoms with Crippen LogP contribution in [0.4, 0.5) is 3.89 Å². The van der Waals surface area contributed by atoms with Gasteiger partial charge in [0.05, 0.1) is 17.8 Å². The lowest BCUT2D eigenvalue weighted by Gasteiger charge is -2.24. The third-order valence-electron chi connectivity index (χ3n) is 3.95. The predicted octanol–water partition coefficient (Wildman–Crippen LogP) is 5.39. The number of hydrogen-bond acceptors (Lipinski definition) is 6. The van der Waals surface area contributed by atoms with Crippen LogP contribution in [0.1, 0.15) is 64.7 Å². The van der Waals surface area contributed by atoms with Gasteiger partial charge in [-0.2, -0.15) is 5.26 Å². The molecule has 184 valence electrons. The van der Waals surface area contributed by atoms with Crippen molar-refractivity contribution in [2.75, 3.05) is 19.6 Å². The molecule has 0 aliphatic carbocycles. The van der Waals surface area contributed by atoms with Crippen molar-refractivity contribution in [1.82, 2.24) is 24.2 Å². The third-order valence-corrected chi connectivity index (χ3v) is 4.76. The molecular formula is C22H34BrFN6O2S. The fourth-order valence-corrected chi connectivity index (χ4v) is 3.18. The average molecular weight is 546 g/mol. The van der Waals surface area contributed by atoms with Crippen LogP contribution >= 0.6 is 28.3 Å². The van der Waals surface area contributed by atoms with Gasteiger partial charge in [0, 0.05) is 31.7 Å². The Morgan fingerprint density at radius 3 is 2.42 bits per heavy atom. The van der Waals surface area contributed by atoms with Crippen LogP contribution in [0, 0.1) is 23.2 Å². The summed E-state index contributed by atoms with van der Waals surface area (Å²) in [7, 11) is 0. The maximum atomic E-state index is 12.7. The Bertz CT molecular complexity index is 892. The molecule has 1 aliphatic heterocycles. The average Bonchev–Trinajstić information content (AvgIpc) is 3.18. The van der Waals surface area contributed by atoms with Gasteiger partial charge in [0.25, 0.3) is 5.91 Å². The molecule has 8 nitrogen and oxygen atoms in total. The molecule has 2 aromatic rings. The molecule has 0 spiro atoms. The van der Waals surface area contributed by atoms with Gasteiger partial charge in [-0.1, -0.05) is 34.6 Å². The van der Waals surface area contributed by atoms with Crippen LogP contribution in [0.25, 0.3) is 11.2 Å². The molecule has 0 atom stereocenters. The molecule has 1 aliphatic rings. The first kappa shape index (κ1) is 30.8. The fourth-order valence-electron chi connectivity index (χ4n) is 2.55. The van der Waals surface area contributed by atoms with Crippen molar-refractivity contribution in [3.63, 3.8) is 0 Å². The first-order chi connectivity index (χ1) is 15.8. The van der Waals surface area contributed by atoms with Gasteiger partial charge in [-0.05, 0) is 41.6 Å². The van der Waals surface area contributed by atoms with Crippen molar-refractivity contribution >= 4 is 51.7 Å². The van der Waals surface area contributed by atoms with Crippen LogP contribution < -0.4 is 5.32 Å². The van der Waals surface area contributed by atoms with Gasteiger partial charge < -0.3 is 10.2 Å². The van der Waals surface area contributed by atoms with E-state index in [0.717, 1.165) is 38.3 Å². The predicted molar refractivity (Wildman–Crippen MR) is 135 cm³/mol. The van der Waals surface area contributed by atoms with E-state index in [0.29, 0.717) is 27.9 Å². The number of fused-ring (bicyclic) bond motifs is 1. The molecule has 3 heterocycles. The van der Waals surface area contributed by atoms with E-state index in [1.165, 1.54) is 16.4 Å². The second-order valence-corrected chi connectivity index (χ2v) is 8.78. The highest BCUT2D eigenvalue weighted by molar-refractivity contribution is 9.10. The normalized spacial score (nSPS) is 12.9. The molecule has 1 N–H and O–H groups in total. The first-order valence-electron chi connectivity index (χ1n) is 11.0. The number of hydrogen-bond donors (Lipinski definition) is 1. The van der Waals surface area contributed by atoms with E-state index in [4.69, 9.17) is 5.26 Å². The number of rotatable bonds is 4. The van der Waals surface area contributed by atoms with Crippen LogP contribution in [0.3, 0.4) is 0 Å². The highest BCUT2D eigenvalue weighted by Gasteiger charge is 2.18. The third kappa shape index (κ3) is 11.0. The number of carbonyl (C=O) groups excluding carboxylic acids is 2. The van der Waals surface area contributed by atoms with E-state index in [2.05, 4.69) is 58.1 Å². The van der Waals surface area contributed by atoms with E-state index in [1.54, 1.807) is 4.90 Å². The Hall–Kier alpha value is -2.19. The molecule has 0 aromatic carbocycles. The van der Waals surface area contributed by atoms with Crippen LogP contribution in [0.2, 0.25) is 0 Å². The summed E-state index contributed by atoms with van der Waals surface area (Å²) < 4.78 is 14.4. The number of carbonyl (C=O) groups is 2. The minimum Gasteiger partial charge on any atom is -0.352 e. The van der Waals surface area contributed by atoms with Crippen molar-refractivity contribution in [2.45, 2.75) is 54.4 Å². The van der Waals surface area contributed by atoms with Crippen molar-refractivity contribution in [2.24, 2.45) is 11.8 Å². The van der Waals surface area contributed by atoms with Crippen molar-refractivity contribution < 1.29 is 13.5 Å². The summed E-state index contributed by atoms with van der Waals surface area (Å²) in [5.41, 5.74) is 0.998. The Morgan fingerprint density at radius 2 is 1.97 bits per heavy atom. The number of piperidine rings is 1. The van der Waals surface area contributed by atoms with Crippen molar-refractivity contribution in [1.29, 1.82) is 5.26 Å². The van der Waals surface area contributed by atoms with Crippen LogP contribution in [-0.2, 0) is 4.79 Å². The Kier molecular flexibility index (Phi) is 16.2. The Morgan fingerprint density at radius 1 is 1.39 bits per heavy atom. The van der Waals surface area contributed by atoms with Gasteiger partial charge in [-0.15, -0.1) is 3.89 Å². The monoisotopic (exact) mass is 544 g/mol. The van der Waals surface area contributed by atoms with E-state index in [1.807, 2.05) is 20.8 Å². The second kappa shape index (κ2) is 17.3. The summed E-state index contributed by atoms with van der Waals surface area (Å²) in [6.45, 7) is 14.3. The van der Waals surface area contributed by atoms with E-state index < -0.39 is 0 Å². The second-order valence-electron chi connectivity index (χ2n) is 7.44. The molecule has 0 unspecified atom stereocenters. The minimum absolute atomic E-state index is 0.0207. The molecule has 2 amide bonds. The van der Waals surface area contributed by atoms with Gasteiger partial charge in [0.15, 0.2) is 18.0 Å². The maximum Gasteiger partial charge on any atom is 0.255 e. The number of nitrogens with one attached hydrogen (secondary N) is 1. The topological polar surface area (TPSA) is 104 Å². The summed E-state index contributed by atoms with van der Waals surface area (Å²) in [5, 5.41) is 11.1. The number of amides is 2. The summed E-state index contributed by atoms with van der Waals surface area (Å²) in [5.74, 6) is 0.717. The summed E-state index contributed by atoms with van der Waals surface area (Å²) in [6, 6.07) is 2.21. The number of nitrogens with zero attached hydrogens (tertiary/aromatic N) is 5. The van der Waals surface area contributed by atoms with Crippen LogP contribution in [0.5, 0.6) is 0 Å². The molecule has 0 radical (unpaired) electrons.